The Balaban J connectivity index is 2.02. The van der Waals surface area contributed by atoms with Gasteiger partial charge in [0.15, 0.2) is 5.75 Å². The van der Waals surface area contributed by atoms with E-state index in [-0.39, 0.29) is 23.6 Å². The number of hydrazine groups is 1. The van der Waals surface area contributed by atoms with E-state index in [9.17, 15) is 14.9 Å². The van der Waals surface area contributed by atoms with Gasteiger partial charge in [-0.25, -0.2) is 10.2 Å². The minimum atomic E-state index is -0.527. The SMILES string of the molecule is COc1ccc(/C=N/NC2CNNC(=O)N2)cc1[N+](=O)[O-]. The summed E-state index contributed by atoms with van der Waals surface area (Å²) in [6.07, 6.45) is 1.05. The van der Waals surface area contributed by atoms with Crippen molar-refractivity contribution in [1.82, 2.24) is 21.6 Å². The van der Waals surface area contributed by atoms with Crippen LogP contribution in [0.5, 0.6) is 5.75 Å². The molecular weight excluding hydrogens is 280 g/mol. The molecule has 1 atom stereocenters. The predicted molar refractivity (Wildman–Crippen MR) is 73.8 cm³/mol. The molecule has 1 aromatic rings. The second-order valence-corrected chi connectivity index (χ2v) is 4.11. The molecule has 2 amide bonds. The van der Waals surface area contributed by atoms with E-state index in [2.05, 4.69) is 26.7 Å². The van der Waals surface area contributed by atoms with Gasteiger partial charge < -0.3 is 10.1 Å². The summed E-state index contributed by atoms with van der Waals surface area (Å²) in [7, 11) is 1.37. The molecule has 2 rings (SSSR count). The van der Waals surface area contributed by atoms with E-state index in [1.54, 1.807) is 6.07 Å². The number of rotatable bonds is 5. The zero-order valence-corrected chi connectivity index (χ0v) is 11.1. The van der Waals surface area contributed by atoms with Crippen LogP contribution in [0.2, 0.25) is 0 Å². The first-order valence-electron chi connectivity index (χ1n) is 6.00. The molecule has 10 heteroatoms. The van der Waals surface area contributed by atoms with E-state index in [0.29, 0.717) is 12.1 Å². The Morgan fingerprint density at radius 1 is 1.57 bits per heavy atom. The third-order valence-electron chi connectivity index (χ3n) is 2.66. The van der Waals surface area contributed by atoms with Gasteiger partial charge in [-0.05, 0) is 12.1 Å². The molecule has 0 radical (unpaired) electrons. The van der Waals surface area contributed by atoms with Gasteiger partial charge in [-0.2, -0.15) is 5.10 Å². The molecule has 21 heavy (non-hydrogen) atoms. The van der Waals surface area contributed by atoms with Gasteiger partial charge in [-0.1, -0.05) is 0 Å². The Morgan fingerprint density at radius 3 is 3.05 bits per heavy atom. The lowest BCUT2D eigenvalue weighted by atomic mass is 10.2. The topological polar surface area (TPSA) is 130 Å². The molecule has 4 N–H and O–H groups in total. The highest BCUT2D eigenvalue weighted by atomic mass is 16.6. The summed E-state index contributed by atoms with van der Waals surface area (Å²) in [5, 5.41) is 17.4. The number of hydrazone groups is 1. The Hall–Kier alpha value is -2.88. The van der Waals surface area contributed by atoms with Gasteiger partial charge in [0, 0.05) is 11.6 Å². The molecule has 10 nitrogen and oxygen atoms in total. The van der Waals surface area contributed by atoms with Crippen molar-refractivity contribution in [3.8, 4) is 5.75 Å². The lowest BCUT2D eigenvalue weighted by molar-refractivity contribution is -0.385. The summed E-state index contributed by atoms with van der Waals surface area (Å²) in [5.74, 6) is 0.180. The van der Waals surface area contributed by atoms with Crippen LogP contribution in [0.25, 0.3) is 0 Å². The number of nitrogens with one attached hydrogen (secondary N) is 4. The molecule has 1 saturated heterocycles. The number of hydrogen-bond acceptors (Lipinski definition) is 7. The van der Waals surface area contributed by atoms with Crippen LogP contribution in [0.15, 0.2) is 23.3 Å². The van der Waals surface area contributed by atoms with Crippen molar-refractivity contribution < 1.29 is 14.5 Å². The van der Waals surface area contributed by atoms with Gasteiger partial charge in [-0.3, -0.25) is 21.0 Å². The van der Waals surface area contributed by atoms with Crippen molar-refractivity contribution >= 4 is 17.9 Å². The first kappa shape index (κ1) is 14.5. The normalized spacial score (nSPS) is 18.0. The second-order valence-electron chi connectivity index (χ2n) is 4.11. The largest absolute Gasteiger partial charge is 0.490 e. The summed E-state index contributed by atoms with van der Waals surface area (Å²) in [5.41, 5.74) is 8.14. The van der Waals surface area contributed by atoms with Crippen LogP contribution in [0.4, 0.5) is 10.5 Å². The molecule has 0 bridgehead atoms. The molecule has 1 heterocycles. The van der Waals surface area contributed by atoms with E-state index in [4.69, 9.17) is 4.74 Å². The monoisotopic (exact) mass is 294 g/mol. The standard InChI is InChI=1S/C11H14N6O4/c1-21-9-3-2-7(4-8(9)17(19)20)5-12-15-10-6-13-16-11(18)14-10/h2-5,10,13,15H,6H2,1H3,(H2,14,16,18)/b12-5+. The summed E-state index contributed by atoms with van der Waals surface area (Å²) in [4.78, 5) is 21.4. The molecule has 1 fully saturated rings. The van der Waals surface area contributed by atoms with Gasteiger partial charge >= 0.3 is 11.7 Å². The summed E-state index contributed by atoms with van der Waals surface area (Å²) in [6.45, 7) is 0.436. The number of carbonyl (C=O) groups is 1. The van der Waals surface area contributed by atoms with E-state index >= 15 is 0 Å². The Morgan fingerprint density at radius 2 is 2.38 bits per heavy atom. The Bertz CT molecular complexity index is 576. The maximum Gasteiger partial charge on any atom is 0.330 e. The predicted octanol–water partition coefficient (Wildman–Crippen LogP) is -0.330. The average molecular weight is 294 g/mol. The second kappa shape index (κ2) is 6.52. The van der Waals surface area contributed by atoms with Crippen molar-refractivity contribution in [3.63, 3.8) is 0 Å². The first-order chi connectivity index (χ1) is 10.1. The highest BCUT2D eigenvalue weighted by Gasteiger charge is 2.16. The van der Waals surface area contributed by atoms with Crippen LogP contribution in [0.1, 0.15) is 5.56 Å². The number of urea groups is 1. The van der Waals surface area contributed by atoms with Crippen LogP contribution in [-0.4, -0.2) is 37.0 Å². The lowest BCUT2D eigenvalue weighted by Crippen LogP contribution is -2.62. The Kier molecular flexibility index (Phi) is 4.51. The molecule has 0 aromatic heterocycles. The van der Waals surface area contributed by atoms with Crippen LogP contribution >= 0.6 is 0 Å². The van der Waals surface area contributed by atoms with Crippen molar-refractivity contribution in [2.45, 2.75) is 6.17 Å². The van der Waals surface area contributed by atoms with Gasteiger partial charge in [0.05, 0.1) is 24.8 Å². The van der Waals surface area contributed by atoms with Crippen molar-refractivity contribution in [2.24, 2.45) is 5.10 Å². The van der Waals surface area contributed by atoms with Crippen molar-refractivity contribution in [2.75, 3.05) is 13.7 Å². The maximum atomic E-state index is 11.0. The molecule has 1 aliphatic rings. The first-order valence-corrected chi connectivity index (χ1v) is 6.00. The third kappa shape index (κ3) is 3.79. The maximum absolute atomic E-state index is 11.0. The highest BCUT2D eigenvalue weighted by Crippen LogP contribution is 2.26. The molecule has 112 valence electrons. The number of nitro groups is 1. The van der Waals surface area contributed by atoms with E-state index < -0.39 is 4.92 Å². The third-order valence-corrected chi connectivity index (χ3v) is 2.66. The fraction of sp³-hybridized carbons (Fsp3) is 0.273. The van der Waals surface area contributed by atoms with E-state index in [1.165, 1.54) is 25.5 Å². The van der Waals surface area contributed by atoms with E-state index in [0.717, 1.165) is 0 Å². The molecule has 1 aliphatic heterocycles. The number of hydrogen-bond donors (Lipinski definition) is 4. The number of benzene rings is 1. The van der Waals surface area contributed by atoms with Gasteiger partial charge in [0.25, 0.3) is 0 Å². The molecule has 0 saturated carbocycles. The minimum Gasteiger partial charge on any atom is -0.490 e. The molecule has 0 spiro atoms. The molecular formula is C11H14N6O4. The fourth-order valence-electron chi connectivity index (χ4n) is 1.69. The van der Waals surface area contributed by atoms with Crippen LogP contribution in [-0.2, 0) is 0 Å². The van der Waals surface area contributed by atoms with Crippen LogP contribution in [0.3, 0.4) is 0 Å². The summed E-state index contributed by atoms with van der Waals surface area (Å²) in [6, 6.07) is 4.11. The Labute approximate surface area is 119 Å². The quantitative estimate of drug-likeness (QED) is 0.334. The number of nitrogens with zero attached hydrogens (tertiary/aromatic N) is 2. The minimum absolute atomic E-state index is 0.140. The van der Waals surface area contributed by atoms with Gasteiger partial charge in [0.1, 0.15) is 6.17 Å². The van der Waals surface area contributed by atoms with Crippen molar-refractivity contribution in [1.29, 1.82) is 0 Å². The highest BCUT2D eigenvalue weighted by molar-refractivity contribution is 5.81. The zero-order chi connectivity index (χ0) is 15.2. The number of carbonyl (C=O) groups excluding carboxylic acids is 1. The van der Waals surface area contributed by atoms with E-state index in [1.807, 2.05) is 0 Å². The van der Waals surface area contributed by atoms with Crippen LogP contribution < -0.4 is 26.3 Å². The zero-order valence-electron chi connectivity index (χ0n) is 11.1. The molecule has 0 aliphatic carbocycles. The van der Waals surface area contributed by atoms with Crippen LogP contribution in [0, 0.1) is 10.1 Å². The summed E-state index contributed by atoms with van der Waals surface area (Å²) < 4.78 is 4.91. The lowest BCUT2D eigenvalue weighted by Gasteiger charge is -2.24. The van der Waals surface area contributed by atoms with Gasteiger partial charge in [-0.15, -0.1) is 0 Å². The van der Waals surface area contributed by atoms with Crippen molar-refractivity contribution in [3.05, 3.63) is 33.9 Å². The number of methoxy groups -OCH3 is 1. The fourth-order valence-corrected chi connectivity index (χ4v) is 1.69. The number of ether oxygens (including phenoxy) is 1. The van der Waals surface area contributed by atoms with Gasteiger partial charge in [0.2, 0.25) is 0 Å². The number of amides is 2. The number of nitro benzene ring substituents is 1. The molecule has 1 aromatic carbocycles. The average Bonchev–Trinajstić information content (AvgIpc) is 2.47. The smallest absolute Gasteiger partial charge is 0.330 e. The molecule has 1 unspecified atom stereocenters. The summed E-state index contributed by atoms with van der Waals surface area (Å²) >= 11 is 0.